The third-order valence-corrected chi connectivity index (χ3v) is 3.86. The predicted molar refractivity (Wildman–Crippen MR) is 101 cm³/mol. The van der Waals surface area contributed by atoms with Crippen LogP contribution in [0, 0.1) is 12.7 Å². The van der Waals surface area contributed by atoms with Crippen LogP contribution in [0.1, 0.15) is 16.7 Å². The van der Waals surface area contributed by atoms with Crippen molar-refractivity contribution in [3.63, 3.8) is 0 Å². The summed E-state index contributed by atoms with van der Waals surface area (Å²) in [6, 6.07) is 17.9. The van der Waals surface area contributed by atoms with Crippen molar-refractivity contribution in [2.24, 2.45) is 0 Å². The second-order valence-electron chi connectivity index (χ2n) is 6.13. The maximum absolute atomic E-state index is 13.2. The molecule has 132 valence electrons. The minimum absolute atomic E-state index is 0.104. The standard InChI is InChI=1S/C21H20FN3O/c1-15-4-2-6-17(10-15)13-23-19-8-9-20(24-14-19)25-21(26)12-16-5-3-7-18(22)11-16/h2-11,14,23H,12-13H2,1H3,(H,24,25,26). The first-order chi connectivity index (χ1) is 12.6. The van der Waals surface area contributed by atoms with Crippen molar-refractivity contribution in [3.8, 4) is 0 Å². The average molecular weight is 349 g/mol. The zero-order valence-electron chi connectivity index (χ0n) is 14.5. The molecule has 4 nitrogen and oxygen atoms in total. The van der Waals surface area contributed by atoms with Crippen LogP contribution in [0.2, 0.25) is 0 Å². The number of benzene rings is 2. The Bertz CT molecular complexity index is 894. The Morgan fingerprint density at radius 3 is 2.58 bits per heavy atom. The van der Waals surface area contributed by atoms with E-state index in [-0.39, 0.29) is 18.1 Å². The van der Waals surface area contributed by atoms with Gasteiger partial charge in [-0.15, -0.1) is 0 Å². The number of carbonyl (C=O) groups excluding carboxylic acids is 1. The number of aromatic nitrogens is 1. The molecule has 0 radical (unpaired) electrons. The van der Waals surface area contributed by atoms with E-state index >= 15 is 0 Å². The molecule has 0 aliphatic carbocycles. The van der Waals surface area contributed by atoms with E-state index in [0.29, 0.717) is 17.9 Å². The van der Waals surface area contributed by atoms with E-state index in [0.717, 1.165) is 5.69 Å². The lowest BCUT2D eigenvalue weighted by molar-refractivity contribution is -0.115. The molecule has 1 aromatic heterocycles. The third kappa shape index (κ3) is 5.14. The molecule has 0 spiro atoms. The van der Waals surface area contributed by atoms with Gasteiger partial charge in [0, 0.05) is 6.54 Å². The molecule has 1 amide bonds. The van der Waals surface area contributed by atoms with Crippen molar-refractivity contribution in [2.45, 2.75) is 19.9 Å². The van der Waals surface area contributed by atoms with Gasteiger partial charge in [-0.25, -0.2) is 9.37 Å². The number of aryl methyl sites for hydroxylation is 1. The van der Waals surface area contributed by atoms with E-state index < -0.39 is 0 Å². The summed E-state index contributed by atoms with van der Waals surface area (Å²) < 4.78 is 13.2. The summed E-state index contributed by atoms with van der Waals surface area (Å²) in [6.07, 6.45) is 1.78. The van der Waals surface area contributed by atoms with Crippen LogP contribution in [0.4, 0.5) is 15.9 Å². The van der Waals surface area contributed by atoms with Gasteiger partial charge >= 0.3 is 0 Å². The predicted octanol–water partition coefficient (Wildman–Crippen LogP) is 4.32. The highest BCUT2D eigenvalue weighted by molar-refractivity contribution is 5.91. The summed E-state index contributed by atoms with van der Waals surface area (Å²) in [5.41, 5.74) is 3.91. The lowest BCUT2D eigenvalue weighted by Gasteiger charge is -2.09. The maximum Gasteiger partial charge on any atom is 0.229 e. The van der Waals surface area contributed by atoms with Gasteiger partial charge in [-0.3, -0.25) is 4.79 Å². The first-order valence-corrected chi connectivity index (χ1v) is 8.38. The van der Waals surface area contributed by atoms with Crippen LogP contribution in [0.25, 0.3) is 0 Å². The number of rotatable bonds is 6. The average Bonchev–Trinajstić information content (AvgIpc) is 2.61. The highest BCUT2D eigenvalue weighted by atomic mass is 19.1. The topological polar surface area (TPSA) is 54.0 Å². The summed E-state index contributed by atoms with van der Waals surface area (Å²) >= 11 is 0. The van der Waals surface area contributed by atoms with Crippen LogP contribution >= 0.6 is 0 Å². The van der Waals surface area contributed by atoms with Crippen LogP contribution < -0.4 is 10.6 Å². The monoisotopic (exact) mass is 349 g/mol. The summed E-state index contributed by atoms with van der Waals surface area (Å²) in [6.45, 7) is 2.76. The molecule has 26 heavy (non-hydrogen) atoms. The Hall–Kier alpha value is -3.21. The molecule has 2 N–H and O–H groups in total. The van der Waals surface area contributed by atoms with E-state index in [1.807, 2.05) is 12.1 Å². The molecule has 0 fully saturated rings. The van der Waals surface area contributed by atoms with E-state index in [4.69, 9.17) is 0 Å². The first kappa shape index (κ1) is 17.6. The fourth-order valence-corrected chi connectivity index (χ4v) is 2.62. The molecule has 0 atom stereocenters. The van der Waals surface area contributed by atoms with Crippen LogP contribution in [0.15, 0.2) is 66.9 Å². The number of carbonyl (C=O) groups is 1. The molecule has 0 saturated heterocycles. The van der Waals surface area contributed by atoms with Gasteiger partial charge in [0.15, 0.2) is 0 Å². The minimum Gasteiger partial charge on any atom is -0.380 e. The van der Waals surface area contributed by atoms with Crippen LogP contribution in [0.3, 0.4) is 0 Å². The van der Waals surface area contributed by atoms with Gasteiger partial charge in [0.25, 0.3) is 0 Å². The van der Waals surface area contributed by atoms with Gasteiger partial charge in [-0.2, -0.15) is 0 Å². The lowest BCUT2D eigenvalue weighted by Crippen LogP contribution is -2.15. The zero-order chi connectivity index (χ0) is 18.4. The largest absolute Gasteiger partial charge is 0.380 e. The molecule has 0 aliphatic rings. The van der Waals surface area contributed by atoms with Crippen LogP contribution in [-0.2, 0) is 17.8 Å². The van der Waals surface area contributed by atoms with Gasteiger partial charge in [0.1, 0.15) is 11.6 Å². The number of hydrogen-bond donors (Lipinski definition) is 2. The number of halogens is 1. The Morgan fingerprint density at radius 2 is 1.85 bits per heavy atom. The summed E-state index contributed by atoms with van der Waals surface area (Å²) in [7, 11) is 0. The smallest absolute Gasteiger partial charge is 0.229 e. The molecule has 0 aliphatic heterocycles. The second kappa shape index (κ2) is 8.25. The van der Waals surface area contributed by atoms with Gasteiger partial charge in [0.2, 0.25) is 5.91 Å². The number of pyridine rings is 1. The Morgan fingerprint density at radius 1 is 1.04 bits per heavy atom. The second-order valence-corrected chi connectivity index (χ2v) is 6.13. The highest BCUT2D eigenvalue weighted by Gasteiger charge is 2.06. The Kier molecular flexibility index (Phi) is 5.59. The number of hydrogen-bond acceptors (Lipinski definition) is 3. The van der Waals surface area contributed by atoms with Crippen molar-refractivity contribution >= 4 is 17.4 Å². The van der Waals surface area contributed by atoms with Crippen LogP contribution in [0.5, 0.6) is 0 Å². The number of anilines is 2. The SMILES string of the molecule is Cc1cccc(CNc2ccc(NC(=O)Cc3cccc(F)c3)nc2)c1. The van der Waals surface area contributed by atoms with E-state index in [2.05, 4.69) is 40.7 Å². The van der Waals surface area contributed by atoms with Crippen LogP contribution in [-0.4, -0.2) is 10.9 Å². The summed E-state index contributed by atoms with van der Waals surface area (Å²) in [4.78, 5) is 16.3. The molecule has 0 unspecified atom stereocenters. The fourth-order valence-electron chi connectivity index (χ4n) is 2.62. The maximum atomic E-state index is 13.2. The van der Waals surface area contributed by atoms with Crippen molar-refractivity contribution in [3.05, 3.63) is 89.4 Å². The lowest BCUT2D eigenvalue weighted by atomic mass is 10.1. The number of nitrogens with zero attached hydrogens (tertiary/aromatic N) is 1. The normalized spacial score (nSPS) is 10.4. The molecule has 1 heterocycles. The van der Waals surface area contributed by atoms with Gasteiger partial charge in [0.05, 0.1) is 18.3 Å². The first-order valence-electron chi connectivity index (χ1n) is 8.38. The molecule has 0 saturated carbocycles. The van der Waals surface area contributed by atoms with Crippen molar-refractivity contribution in [2.75, 3.05) is 10.6 Å². The molecule has 3 aromatic rings. The highest BCUT2D eigenvalue weighted by Crippen LogP contribution is 2.13. The number of amides is 1. The summed E-state index contributed by atoms with van der Waals surface area (Å²) in [5.74, 6) is -0.117. The molecule has 3 rings (SSSR count). The van der Waals surface area contributed by atoms with E-state index in [1.165, 1.54) is 23.3 Å². The number of nitrogens with one attached hydrogen (secondary N) is 2. The molecular weight excluding hydrogens is 329 g/mol. The minimum atomic E-state index is -0.350. The Labute approximate surface area is 152 Å². The van der Waals surface area contributed by atoms with Gasteiger partial charge in [-0.05, 0) is 42.3 Å². The van der Waals surface area contributed by atoms with Crippen molar-refractivity contribution in [1.82, 2.24) is 4.98 Å². The van der Waals surface area contributed by atoms with Gasteiger partial charge in [-0.1, -0.05) is 42.0 Å². The van der Waals surface area contributed by atoms with E-state index in [9.17, 15) is 9.18 Å². The molecule has 2 aromatic carbocycles. The Balaban J connectivity index is 1.53. The molecule has 5 heteroatoms. The summed E-state index contributed by atoms with van der Waals surface area (Å²) in [5, 5.41) is 6.02. The van der Waals surface area contributed by atoms with Crippen molar-refractivity contribution < 1.29 is 9.18 Å². The van der Waals surface area contributed by atoms with E-state index in [1.54, 1.807) is 24.4 Å². The fraction of sp³-hybridized carbons (Fsp3) is 0.143. The van der Waals surface area contributed by atoms with Crippen molar-refractivity contribution in [1.29, 1.82) is 0 Å². The molecular formula is C21H20FN3O. The quantitative estimate of drug-likeness (QED) is 0.697. The van der Waals surface area contributed by atoms with Gasteiger partial charge < -0.3 is 10.6 Å². The molecule has 0 bridgehead atoms. The zero-order valence-corrected chi connectivity index (χ0v) is 14.5. The third-order valence-electron chi connectivity index (χ3n) is 3.86.